The molecule has 10 heteroatoms. The molecule has 0 aromatic heterocycles. The van der Waals surface area contributed by atoms with Crippen molar-refractivity contribution in [1.82, 2.24) is 10.2 Å². The monoisotopic (exact) mass is 370 g/mol. The van der Waals surface area contributed by atoms with E-state index in [1.54, 1.807) is 0 Å². The summed E-state index contributed by atoms with van der Waals surface area (Å²) in [5.41, 5.74) is 0.107. The van der Waals surface area contributed by atoms with E-state index in [1.165, 1.54) is 30.4 Å². The largest absolute Gasteiger partial charge is 0.488 e. The normalized spacial score (nSPS) is 14.0. The Morgan fingerprint density at radius 1 is 1.16 bits per heavy atom. The van der Waals surface area contributed by atoms with Gasteiger partial charge in [-0.1, -0.05) is 9.95 Å². The van der Waals surface area contributed by atoms with Gasteiger partial charge in [-0.2, -0.15) is 8.42 Å². The lowest BCUT2D eigenvalue weighted by atomic mass is 10.2. The molecule has 0 spiro atoms. The van der Waals surface area contributed by atoms with Gasteiger partial charge in [0.2, 0.25) is 0 Å². The molecular weight excluding hydrogens is 355 g/mol. The van der Waals surface area contributed by atoms with Gasteiger partial charge in [0.1, 0.15) is 5.75 Å². The van der Waals surface area contributed by atoms with Crippen LogP contribution in [0.15, 0.2) is 36.4 Å². The molecule has 0 unspecified atom stereocenters. The fraction of sp³-hybridized carbons (Fsp3) is 0.267. The highest BCUT2D eigenvalue weighted by Gasteiger charge is 2.22. The van der Waals surface area contributed by atoms with Crippen molar-refractivity contribution >= 4 is 28.2 Å². The summed E-state index contributed by atoms with van der Waals surface area (Å²) in [5.74, 6) is -1.51. The first-order chi connectivity index (χ1) is 11.8. The van der Waals surface area contributed by atoms with Crippen molar-refractivity contribution in [2.75, 3.05) is 13.1 Å². The van der Waals surface area contributed by atoms with E-state index in [-0.39, 0.29) is 36.2 Å². The second kappa shape index (κ2) is 7.88. The van der Waals surface area contributed by atoms with Gasteiger partial charge in [-0.15, -0.1) is 0 Å². The third kappa shape index (κ3) is 5.68. The fourth-order valence-electron chi connectivity index (χ4n) is 2.15. The zero-order chi connectivity index (χ0) is 18.4. The van der Waals surface area contributed by atoms with Crippen LogP contribution >= 0.6 is 0 Å². The topological polar surface area (TPSA) is 110 Å². The molecule has 1 aliphatic rings. The van der Waals surface area contributed by atoms with Crippen LogP contribution < -0.4 is 9.50 Å². The smallest absolute Gasteiger partial charge is 0.358 e. The molecule has 134 valence electrons. The molecule has 1 N–H and O–H groups in total. The SMILES string of the molecule is O=C(NCCCCN1C(=O)C=CC1=O)c1cccc(OS(=O)(=O)F)c1. The Hall–Kier alpha value is -2.75. The van der Waals surface area contributed by atoms with E-state index in [9.17, 15) is 26.7 Å². The van der Waals surface area contributed by atoms with E-state index in [0.717, 1.165) is 11.0 Å². The molecule has 0 aliphatic carbocycles. The van der Waals surface area contributed by atoms with Crippen LogP contribution in [0.2, 0.25) is 0 Å². The maximum Gasteiger partial charge on any atom is 0.488 e. The standard InChI is InChI=1S/C15H15FN2O6S/c16-25(22,23)24-12-5-3-4-11(10-12)15(21)17-8-1-2-9-18-13(19)6-7-14(18)20/h3-7,10H,1-2,8-9H2,(H,17,21). The number of carbonyl (C=O) groups excluding carboxylic acids is 3. The molecule has 1 heterocycles. The first-order valence-electron chi connectivity index (χ1n) is 7.32. The zero-order valence-electron chi connectivity index (χ0n) is 13.0. The number of rotatable bonds is 8. The maximum atomic E-state index is 12.5. The Kier molecular flexibility index (Phi) is 5.86. The predicted octanol–water partition coefficient (Wildman–Crippen LogP) is 0.715. The Morgan fingerprint density at radius 2 is 1.84 bits per heavy atom. The van der Waals surface area contributed by atoms with Crippen molar-refractivity contribution in [2.24, 2.45) is 0 Å². The van der Waals surface area contributed by atoms with Crippen LogP contribution in [-0.4, -0.2) is 44.1 Å². The van der Waals surface area contributed by atoms with E-state index in [2.05, 4.69) is 9.50 Å². The molecule has 0 saturated heterocycles. The van der Waals surface area contributed by atoms with E-state index >= 15 is 0 Å². The van der Waals surface area contributed by atoms with Gasteiger partial charge >= 0.3 is 10.5 Å². The van der Waals surface area contributed by atoms with Gasteiger partial charge in [0.05, 0.1) is 0 Å². The highest BCUT2D eigenvalue weighted by atomic mass is 32.3. The number of imide groups is 1. The minimum absolute atomic E-state index is 0.107. The third-order valence-corrected chi connectivity index (χ3v) is 3.68. The lowest BCUT2D eigenvalue weighted by molar-refractivity contribution is -0.136. The average molecular weight is 370 g/mol. The number of hydrogen-bond acceptors (Lipinski definition) is 6. The Morgan fingerprint density at radius 3 is 2.48 bits per heavy atom. The molecule has 0 atom stereocenters. The van der Waals surface area contributed by atoms with E-state index < -0.39 is 16.4 Å². The summed E-state index contributed by atoms with van der Waals surface area (Å²) in [5, 5.41) is 2.60. The summed E-state index contributed by atoms with van der Waals surface area (Å²) in [6.45, 7) is 0.549. The van der Waals surface area contributed by atoms with Crippen molar-refractivity contribution in [1.29, 1.82) is 0 Å². The summed E-state index contributed by atoms with van der Waals surface area (Å²) >= 11 is 0. The summed E-state index contributed by atoms with van der Waals surface area (Å²) in [4.78, 5) is 35.7. The van der Waals surface area contributed by atoms with Crippen molar-refractivity contribution < 1.29 is 30.9 Å². The van der Waals surface area contributed by atoms with Crippen LogP contribution in [0, 0.1) is 0 Å². The van der Waals surface area contributed by atoms with Crippen molar-refractivity contribution in [3.05, 3.63) is 42.0 Å². The molecule has 8 nitrogen and oxygen atoms in total. The maximum absolute atomic E-state index is 12.5. The summed E-state index contributed by atoms with van der Waals surface area (Å²) in [7, 11) is -5.16. The second-order valence-electron chi connectivity index (χ2n) is 5.13. The summed E-state index contributed by atoms with van der Waals surface area (Å²) in [6.07, 6.45) is 3.45. The second-order valence-corrected chi connectivity index (χ2v) is 6.08. The van der Waals surface area contributed by atoms with Crippen LogP contribution in [-0.2, 0) is 20.1 Å². The minimum Gasteiger partial charge on any atom is -0.358 e. The Bertz CT molecular complexity index is 803. The van der Waals surface area contributed by atoms with Crippen LogP contribution in [0.5, 0.6) is 5.75 Å². The van der Waals surface area contributed by atoms with E-state index in [0.29, 0.717) is 12.8 Å². The van der Waals surface area contributed by atoms with E-state index in [4.69, 9.17) is 0 Å². The molecule has 0 bridgehead atoms. The van der Waals surface area contributed by atoms with Gasteiger partial charge < -0.3 is 9.50 Å². The predicted molar refractivity (Wildman–Crippen MR) is 84.5 cm³/mol. The molecule has 1 aromatic rings. The summed E-state index contributed by atoms with van der Waals surface area (Å²) in [6, 6.07) is 5.07. The van der Waals surface area contributed by atoms with Crippen LogP contribution in [0.25, 0.3) is 0 Å². The number of carbonyl (C=O) groups is 3. The first-order valence-corrected chi connectivity index (χ1v) is 8.63. The van der Waals surface area contributed by atoms with Gasteiger partial charge in [-0.3, -0.25) is 19.3 Å². The molecule has 3 amide bonds. The molecule has 25 heavy (non-hydrogen) atoms. The van der Waals surface area contributed by atoms with Crippen molar-refractivity contribution in [3.63, 3.8) is 0 Å². The quantitative estimate of drug-likeness (QED) is 0.410. The van der Waals surface area contributed by atoms with Crippen molar-refractivity contribution in [2.45, 2.75) is 12.8 Å². The lowest BCUT2D eigenvalue weighted by Crippen LogP contribution is -2.31. The Labute approximate surface area is 143 Å². The number of nitrogens with zero attached hydrogens (tertiary/aromatic N) is 1. The molecule has 0 radical (unpaired) electrons. The van der Waals surface area contributed by atoms with Crippen LogP contribution in [0.1, 0.15) is 23.2 Å². The molecule has 1 aliphatic heterocycles. The number of amides is 3. The third-order valence-electron chi connectivity index (χ3n) is 3.29. The molecule has 0 saturated carbocycles. The van der Waals surface area contributed by atoms with Gasteiger partial charge in [-0.05, 0) is 31.0 Å². The summed E-state index contributed by atoms with van der Waals surface area (Å²) < 4.78 is 37.4. The zero-order valence-corrected chi connectivity index (χ0v) is 13.8. The number of hydrogen-bond donors (Lipinski definition) is 1. The number of nitrogens with one attached hydrogen (secondary N) is 1. The first kappa shape index (κ1) is 18.6. The number of halogens is 1. The van der Waals surface area contributed by atoms with E-state index in [1.807, 2.05) is 0 Å². The molecular formula is C15H15FN2O6S. The number of unbranched alkanes of at least 4 members (excludes halogenated alkanes) is 1. The molecule has 0 fully saturated rings. The number of benzene rings is 1. The fourth-order valence-corrected chi connectivity index (χ4v) is 2.49. The van der Waals surface area contributed by atoms with Gasteiger partial charge in [0, 0.05) is 30.8 Å². The highest BCUT2D eigenvalue weighted by molar-refractivity contribution is 7.81. The average Bonchev–Trinajstić information content (AvgIpc) is 2.84. The van der Waals surface area contributed by atoms with Crippen molar-refractivity contribution in [3.8, 4) is 5.75 Å². The van der Waals surface area contributed by atoms with Gasteiger partial charge in [0.15, 0.2) is 0 Å². The molecule has 2 rings (SSSR count). The highest BCUT2D eigenvalue weighted by Crippen LogP contribution is 2.16. The van der Waals surface area contributed by atoms with Crippen LogP contribution in [0.4, 0.5) is 3.89 Å². The Balaban J connectivity index is 1.76. The van der Waals surface area contributed by atoms with Crippen LogP contribution in [0.3, 0.4) is 0 Å². The van der Waals surface area contributed by atoms with Gasteiger partial charge in [0.25, 0.3) is 17.7 Å². The molecule has 1 aromatic carbocycles. The van der Waals surface area contributed by atoms with Gasteiger partial charge in [-0.25, -0.2) is 0 Å². The lowest BCUT2D eigenvalue weighted by Gasteiger charge is -2.13. The minimum atomic E-state index is -5.16.